The molecule has 1 unspecified atom stereocenters. The Bertz CT molecular complexity index is 3810. The summed E-state index contributed by atoms with van der Waals surface area (Å²) in [5.41, 5.74) is 17.5. The molecule has 0 spiro atoms. The van der Waals surface area contributed by atoms with Crippen LogP contribution in [0.1, 0.15) is 22.3 Å². The van der Waals surface area contributed by atoms with Crippen LogP contribution in [0, 0.1) is 0 Å². The third-order valence-corrected chi connectivity index (χ3v) is 15.2. The van der Waals surface area contributed by atoms with Crippen molar-refractivity contribution in [3.05, 3.63) is 283 Å². The Hall–Kier alpha value is -8.30. The van der Waals surface area contributed by atoms with Crippen LogP contribution in [-0.2, 0) is 5.41 Å². The van der Waals surface area contributed by atoms with Crippen LogP contribution in [-0.4, -0.2) is 0 Å². The second-order valence-electron chi connectivity index (χ2n) is 17.5. The molecule has 0 saturated heterocycles. The van der Waals surface area contributed by atoms with Crippen molar-refractivity contribution in [1.29, 1.82) is 0 Å². The van der Waals surface area contributed by atoms with Gasteiger partial charge in [0.15, 0.2) is 0 Å². The highest BCUT2D eigenvalue weighted by molar-refractivity contribution is 7.26. The van der Waals surface area contributed by atoms with Gasteiger partial charge in [-0.05, 0) is 103 Å². The van der Waals surface area contributed by atoms with Gasteiger partial charge in [0.2, 0.25) is 0 Å². The number of thiophene rings is 1. The van der Waals surface area contributed by atoms with Crippen LogP contribution in [0.2, 0.25) is 0 Å². The Morgan fingerprint density at radius 1 is 0.328 bits per heavy atom. The molecular formula is C65H43NS. The number of hydrogen-bond acceptors (Lipinski definition) is 2. The second kappa shape index (κ2) is 16.0. The van der Waals surface area contributed by atoms with Gasteiger partial charge in [0, 0.05) is 37.0 Å². The quantitative estimate of drug-likeness (QED) is 0.147. The topological polar surface area (TPSA) is 3.24 Å². The third-order valence-electron chi connectivity index (χ3n) is 14.0. The van der Waals surface area contributed by atoms with Gasteiger partial charge in [0.1, 0.15) is 0 Å². The first-order valence-corrected chi connectivity index (χ1v) is 23.9. The van der Waals surface area contributed by atoms with E-state index in [0.717, 1.165) is 22.6 Å². The van der Waals surface area contributed by atoms with E-state index in [9.17, 15) is 0 Å². The molecule has 0 fully saturated rings. The lowest BCUT2D eigenvalue weighted by atomic mass is 9.67. The Labute approximate surface area is 395 Å². The van der Waals surface area contributed by atoms with E-state index in [1.165, 1.54) is 92.1 Å². The Balaban J connectivity index is 1.13. The molecule has 1 aliphatic rings. The van der Waals surface area contributed by atoms with E-state index >= 15 is 0 Å². The molecule has 13 rings (SSSR count). The van der Waals surface area contributed by atoms with Crippen LogP contribution in [0.5, 0.6) is 0 Å². The van der Waals surface area contributed by atoms with Gasteiger partial charge >= 0.3 is 0 Å². The van der Waals surface area contributed by atoms with E-state index in [1.54, 1.807) is 0 Å². The molecule has 314 valence electrons. The van der Waals surface area contributed by atoms with Crippen molar-refractivity contribution in [2.45, 2.75) is 5.41 Å². The van der Waals surface area contributed by atoms with Crippen LogP contribution < -0.4 is 4.90 Å². The number of nitrogens with zero attached hydrogens (tertiary/aromatic N) is 1. The predicted octanol–water partition coefficient (Wildman–Crippen LogP) is 18.0. The minimum atomic E-state index is -0.596. The highest BCUT2D eigenvalue weighted by Gasteiger charge is 2.48. The minimum Gasteiger partial charge on any atom is -0.309 e. The van der Waals surface area contributed by atoms with E-state index in [1.807, 2.05) is 11.3 Å². The Morgan fingerprint density at radius 3 is 1.75 bits per heavy atom. The molecule has 1 atom stereocenters. The summed E-state index contributed by atoms with van der Waals surface area (Å²) in [5.74, 6) is 0. The average Bonchev–Trinajstić information content (AvgIpc) is 3.94. The van der Waals surface area contributed by atoms with Crippen molar-refractivity contribution in [3.8, 4) is 44.5 Å². The van der Waals surface area contributed by atoms with Crippen molar-refractivity contribution < 1.29 is 0 Å². The molecule has 12 aromatic rings. The first kappa shape index (κ1) is 39.1. The summed E-state index contributed by atoms with van der Waals surface area (Å²) in [6.45, 7) is 0. The van der Waals surface area contributed by atoms with Gasteiger partial charge < -0.3 is 4.90 Å². The molecule has 1 aliphatic carbocycles. The van der Waals surface area contributed by atoms with Crippen molar-refractivity contribution in [2.24, 2.45) is 0 Å². The number of para-hydroxylation sites is 2. The first-order valence-electron chi connectivity index (χ1n) is 23.1. The van der Waals surface area contributed by atoms with E-state index < -0.39 is 5.41 Å². The first-order chi connectivity index (χ1) is 33.3. The van der Waals surface area contributed by atoms with Crippen molar-refractivity contribution >= 4 is 59.3 Å². The number of hydrogen-bond donors (Lipinski definition) is 0. The molecule has 67 heavy (non-hydrogen) atoms. The number of rotatable bonds is 8. The molecule has 1 aromatic heterocycles. The maximum Gasteiger partial charge on any atom is 0.0727 e. The van der Waals surface area contributed by atoms with Crippen molar-refractivity contribution in [3.63, 3.8) is 0 Å². The van der Waals surface area contributed by atoms with Gasteiger partial charge in [0.25, 0.3) is 0 Å². The summed E-state index contributed by atoms with van der Waals surface area (Å²) in [7, 11) is 0. The van der Waals surface area contributed by atoms with Gasteiger partial charge in [-0.25, -0.2) is 0 Å². The molecule has 0 saturated carbocycles. The standard InChI is InChI=1S/C65H43NS/c1-4-21-44(22-5-1)46-41-42-61(66(48-27-8-3-9-28-48)60-39-16-13-30-51(60)50-33-18-24-45-23-10-11-29-49(45)50)56(43-46)53-34-19-37-58-63(53)55-32-12-15-36-57(55)65(58,47-25-6-2-7-26-47)59-38-20-35-54-52-31-14-17-40-62(52)67-64(54)59/h1-43H. The average molecular weight is 870 g/mol. The molecular weight excluding hydrogens is 827 g/mol. The monoisotopic (exact) mass is 869 g/mol. The van der Waals surface area contributed by atoms with Crippen LogP contribution in [0.15, 0.2) is 261 Å². The summed E-state index contributed by atoms with van der Waals surface area (Å²) in [4.78, 5) is 2.49. The van der Waals surface area contributed by atoms with Crippen LogP contribution >= 0.6 is 11.3 Å². The molecule has 2 heteroatoms. The maximum absolute atomic E-state index is 2.49. The van der Waals surface area contributed by atoms with Gasteiger partial charge in [-0.1, -0.05) is 224 Å². The SMILES string of the molecule is c1ccc(-c2ccc(N(c3ccccc3)c3ccccc3-c3cccc4ccccc34)c(-c3cccc4c3-c3ccccc3C4(c3ccccc3)c3cccc4c3sc3ccccc34)c2)cc1. The summed E-state index contributed by atoms with van der Waals surface area (Å²) >= 11 is 1.91. The molecule has 0 amide bonds. The fraction of sp³-hybridized carbons (Fsp3) is 0.0154. The summed E-state index contributed by atoms with van der Waals surface area (Å²) < 4.78 is 2.63. The fourth-order valence-corrected chi connectivity index (χ4v) is 12.4. The highest BCUT2D eigenvalue weighted by atomic mass is 32.1. The molecule has 0 aliphatic heterocycles. The zero-order valence-electron chi connectivity index (χ0n) is 36.7. The van der Waals surface area contributed by atoms with Crippen LogP contribution in [0.3, 0.4) is 0 Å². The van der Waals surface area contributed by atoms with E-state index in [-0.39, 0.29) is 0 Å². The highest BCUT2D eigenvalue weighted by Crippen LogP contribution is 2.61. The third kappa shape index (κ3) is 6.14. The largest absolute Gasteiger partial charge is 0.309 e. The molecule has 11 aromatic carbocycles. The smallest absolute Gasteiger partial charge is 0.0727 e. The fourth-order valence-electron chi connectivity index (χ4n) is 11.1. The molecule has 1 heterocycles. The van der Waals surface area contributed by atoms with Gasteiger partial charge in [-0.15, -0.1) is 11.3 Å². The van der Waals surface area contributed by atoms with E-state index in [0.29, 0.717) is 0 Å². The van der Waals surface area contributed by atoms with Crippen molar-refractivity contribution in [2.75, 3.05) is 4.90 Å². The Morgan fingerprint density at radius 2 is 0.896 bits per heavy atom. The summed E-state index contributed by atoms with van der Waals surface area (Å²) in [6, 6.07) is 96.5. The lowest BCUT2D eigenvalue weighted by Gasteiger charge is -2.34. The zero-order valence-corrected chi connectivity index (χ0v) is 37.5. The predicted molar refractivity (Wildman–Crippen MR) is 285 cm³/mol. The number of anilines is 3. The lowest BCUT2D eigenvalue weighted by Crippen LogP contribution is -2.28. The second-order valence-corrected chi connectivity index (χ2v) is 18.5. The van der Waals surface area contributed by atoms with Gasteiger partial charge in [-0.2, -0.15) is 0 Å². The molecule has 0 bridgehead atoms. The van der Waals surface area contributed by atoms with E-state index in [4.69, 9.17) is 0 Å². The maximum atomic E-state index is 2.49. The Kier molecular flexibility index (Phi) is 9.33. The van der Waals surface area contributed by atoms with Crippen LogP contribution in [0.25, 0.3) is 75.5 Å². The molecule has 1 nitrogen and oxygen atoms in total. The van der Waals surface area contributed by atoms with Crippen LogP contribution in [0.4, 0.5) is 17.1 Å². The van der Waals surface area contributed by atoms with Crippen molar-refractivity contribution in [1.82, 2.24) is 0 Å². The summed E-state index contributed by atoms with van der Waals surface area (Å²) in [6.07, 6.45) is 0. The lowest BCUT2D eigenvalue weighted by molar-refractivity contribution is 0.778. The zero-order chi connectivity index (χ0) is 44.3. The number of benzene rings is 11. The van der Waals surface area contributed by atoms with Gasteiger partial charge in [0.05, 0.1) is 16.8 Å². The molecule has 0 N–H and O–H groups in total. The normalized spacial score (nSPS) is 14.0. The van der Waals surface area contributed by atoms with Gasteiger partial charge in [-0.3, -0.25) is 0 Å². The summed E-state index contributed by atoms with van der Waals surface area (Å²) in [5, 5.41) is 5.06. The molecule has 0 radical (unpaired) electrons. The number of fused-ring (bicyclic) bond motifs is 7. The van der Waals surface area contributed by atoms with E-state index in [2.05, 4.69) is 266 Å². The minimum absolute atomic E-state index is 0.596.